The van der Waals surface area contributed by atoms with E-state index < -0.39 is 5.91 Å². The Morgan fingerprint density at radius 1 is 1.33 bits per heavy atom. The number of aromatic nitrogens is 1. The zero-order chi connectivity index (χ0) is 15.4. The number of amides is 2. The number of nitrogens with two attached hydrogens (primary N) is 2. The molecule has 7 nitrogen and oxygen atoms in total. The predicted molar refractivity (Wildman–Crippen MR) is 83.4 cm³/mol. The zero-order valence-electron chi connectivity index (χ0n) is 12.2. The topological polar surface area (TPSA) is 106 Å². The Morgan fingerprint density at radius 2 is 2.00 bits per heavy atom. The van der Waals surface area contributed by atoms with Gasteiger partial charge in [-0.25, -0.2) is 4.98 Å². The Labute approximate surface area is 127 Å². The maximum Gasteiger partial charge on any atom is 0.268 e. The Kier molecular flexibility index (Phi) is 5.00. The van der Waals surface area contributed by atoms with Crippen molar-refractivity contribution in [3.8, 4) is 0 Å². The summed E-state index contributed by atoms with van der Waals surface area (Å²) in [5.41, 5.74) is 11.0. The molecule has 2 rings (SSSR count). The quantitative estimate of drug-likeness (QED) is 0.831. The van der Waals surface area contributed by atoms with E-state index in [0.29, 0.717) is 11.4 Å². The minimum absolute atomic E-state index is 0.105. The summed E-state index contributed by atoms with van der Waals surface area (Å²) < 4.78 is 0. The van der Waals surface area contributed by atoms with E-state index in [1.807, 2.05) is 0 Å². The number of carbonyl (C=O) groups is 2. The molecule has 0 radical (unpaired) electrons. The molecule has 0 aliphatic carbocycles. The van der Waals surface area contributed by atoms with Gasteiger partial charge >= 0.3 is 0 Å². The van der Waals surface area contributed by atoms with Crippen LogP contribution in [0.1, 0.15) is 35.9 Å². The van der Waals surface area contributed by atoms with Gasteiger partial charge in [-0.15, -0.1) is 0 Å². The molecule has 0 saturated carbocycles. The van der Waals surface area contributed by atoms with E-state index >= 15 is 0 Å². The molecule has 1 saturated heterocycles. The number of rotatable bonds is 5. The SMILES string of the molecule is CCN(CC(N)=O)C(=O)c1sc(N2CCCCC2)nc1N. The molecule has 21 heavy (non-hydrogen) atoms. The highest BCUT2D eigenvalue weighted by atomic mass is 32.1. The van der Waals surface area contributed by atoms with Crippen LogP contribution < -0.4 is 16.4 Å². The Morgan fingerprint density at radius 3 is 2.57 bits per heavy atom. The molecule has 0 spiro atoms. The second-order valence-electron chi connectivity index (χ2n) is 5.04. The molecule has 0 bridgehead atoms. The third kappa shape index (κ3) is 3.63. The molecule has 0 unspecified atom stereocenters. The first kappa shape index (κ1) is 15.6. The summed E-state index contributed by atoms with van der Waals surface area (Å²) in [4.78, 5) is 31.7. The van der Waals surface area contributed by atoms with Gasteiger partial charge in [-0.1, -0.05) is 11.3 Å². The first-order valence-corrected chi connectivity index (χ1v) is 7.93. The number of piperidine rings is 1. The van der Waals surface area contributed by atoms with Crippen LogP contribution in [0.3, 0.4) is 0 Å². The molecule has 1 aliphatic rings. The standard InChI is InChI=1S/C13H21N5O2S/c1-2-17(8-9(14)19)12(20)10-11(15)16-13(21-10)18-6-4-3-5-7-18/h2-8,15H2,1H3,(H2,14,19). The highest BCUT2D eigenvalue weighted by molar-refractivity contribution is 7.18. The molecule has 2 heterocycles. The lowest BCUT2D eigenvalue weighted by Gasteiger charge is -2.25. The number of carbonyl (C=O) groups excluding carboxylic acids is 2. The van der Waals surface area contributed by atoms with Crippen molar-refractivity contribution in [3.63, 3.8) is 0 Å². The first-order valence-electron chi connectivity index (χ1n) is 7.11. The van der Waals surface area contributed by atoms with Crippen LogP contribution in [0.5, 0.6) is 0 Å². The first-order chi connectivity index (χ1) is 10.0. The van der Waals surface area contributed by atoms with Gasteiger partial charge < -0.3 is 21.3 Å². The molecule has 1 fully saturated rings. The van der Waals surface area contributed by atoms with Gasteiger partial charge in [0.15, 0.2) is 5.13 Å². The molecular weight excluding hydrogens is 290 g/mol. The number of likely N-dealkylation sites (N-methyl/N-ethyl adjacent to an activating group) is 1. The lowest BCUT2D eigenvalue weighted by molar-refractivity contribution is -0.118. The Balaban J connectivity index is 2.17. The molecule has 1 aromatic heterocycles. The molecule has 1 aliphatic heterocycles. The van der Waals surface area contributed by atoms with Crippen LogP contribution in [0.15, 0.2) is 0 Å². The largest absolute Gasteiger partial charge is 0.382 e. The van der Waals surface area contributed by atoms with Crippen molar-refractivity contribution < 1.29 is 9.59 Å². The second kappa shape index (κ2) is 6.75. The third-order valence-electron chi connectivity index (χ3n) is 3.48. The van der Waals surface area contributed by atoms with Crippen molar-refractivity contribution >= 4 is 34.1 Å². The average Bonchev–Trinajstić information content (AvgIpc) is 2.87. The van der Waals surface area contributed by atoms with Crippen molar-refractivity contribution in [2.24, 2.45) is 5.73 Å². The minimum Gasteiger partial charge on any atom is -0.382 e. The summed E-state index contributed by atoms with van der Waals surface area (Å²) in [6.07, 6.45) is 3.49. The fourth-order valence-corrected chi connectivity index (χ4v) is 3.36. The van der Waals surface area contributed by atoms with Crippen LogP contribution >= 0.6 is 11.3 Å². The smallest absolute Gasteiger partial charge is 0.268 e. The number of hydrogen-bond acceptors (Lipinski definition) is 6. The Hall–Kier alpha value is -1.83. The van der Waals surface area contributed by atoms with Gasteiger partial charge in [0, 0.05) is 19.6 Å². The van der Waals surface area contributed by atoms with Gasteiger partial charge in [0.1, 0.15) is 10.7 Å². The molecule has 8 heteroatoms. The van der Waals surface area contributed by atoms with E-state index in [1.165, 1.54) is 22.7 Å². The normalized spacial score (nSPS) is 15.0. The van der Waals surface area contributed by atoms with Gasteiger partial charge in [0.2, 0.25) is 5.91 Å². The number of thiazole rings is 1. The molecule has 2 amide bonds. The van der Waals surface area contributed by atoms with Crippen molar-refractivity contribution in [3.05, 3.63) is 4.88 Å². The van der Waals surface area contributed by atoms with E-state index in [4.69, 9.17) is 11.5 Å². The number of anilines is 2. The Bertz CT molecular complexity index is 525. The summed E-state index contributed by atoms with van der Waals surface area (Å²) in [6, 6.07) is 0. The van der Waals surface area contributed by atoms with E-state index in [9.17, 15) is 9.59 Å². The van der Waals surface area contributed by atoms with Gasteiger partial charge in [-0.3, -0.25) is 9.59 Å². The van der Waals surface area contributed by atoms with Gasteiger partial charge in [-0.05, 0) is 26.2 Å². The van der Waals surface area contributed by atoms with Crippen molar-refractivity contribution in [1.29, 1.82) is 0 Å². The fourth-order valence-electron chi connectivity index (χ4n) is 2.35. The lowest BCUT2D eigenvalue weighted by Crippen LogP contribution is -2.38. The van der Waals surface area contributed by atoms with Crippen molar-refractivity contribution in [1.82, 2.24) is 9.88 Å². The number of nitrogens with zero attached hydrogens (tertiary/aromatic N) is 3. The van der Waals surface area contributed by atoms with Crippen molar-refractivity contribution in [2.45, 2.75) is 26.2 Å². The summed E-state index contributed by atoms with van der Waals surface area (Å²) in [6.45, 7) is 3.98. The predicted octanol–water partition coefficient (Wildman–Crippen LogP) is 0.663. The van der Waals surface area contributed by atoms with Crippen molar-refractivity contribution in [2.75, 3.05) is 36.8 Å². The molecule has 0 atom stereocenters. The van der Waals surface area contributed by atoms with Crippen LogP contribution in [0, 0.1) is 0 Å². The van der Waals surface area contributed by atoms with Crippen LogP contribution in [-0.2, 0) is 4.79 Å². The molecule has 4 N–H and O–H groups in total. The van der Waals surface area contributed by atoms with Crippen LogP contribution in [-0.4, -0.2) is 47.9 Å². The van der Waals surface area contributed by atoms with E-state index in [0.717, 1.165) is 31.1 Å². The summed E-state index contributed by atoms with van der Waals surface area (Å²) in [5, 5.41) is 0.783. The van der Waals surface area contributed by atoms with E-state index in [2.05, 4.69) is 9.88 Å². The zero-order valence-corrected chi connectivity index (χ0v) is 13.0. The number of hydrogen-bond donors (Lipinski definition) is 2. The highest BCUT2D eigenvalue weighted by Gasteiger charge is 2.24. The number of nitrogen functional groups attached to an aromatic ring is 1. The number of primary amides is 1. The van der Waals surface area contributed by atoms with Gasteiger partial charge in [0.25, 0.3) is 5.91 Å². The van der Waals surface area contributed by atoms with E-state index in [-0.39, 0.29) is 18.3 Å². The maximum absolute atomic E-state index is 12.4. The van der Waals surface area contributed by atoms with Crippen LogP contribution in [0.25, 0.3) is 0 Å². The maximum atomic E-state index is 12.4. The van der Waals surface area contributed by atoms with Gasteiger partial charge in [-0.2, -0.15) is 0 Å². The molecular formula is C13H21N5O2S. The van der Waals surface area contributed by atoms with Crippen LogP contribution in [0.2, 0.25) is 0 Å². The third-order valence-corrected chi connectivity index (χ3v) is 4.60. The summed E-state index contributed by atoms with van der Waals surface area (Å²) >= 11 is 1.29. The monoisotopic (exact) mass is 311 g/mol. The van der Waals surface area contributed by atoms with Crippen LogP contribution in [0.4, 0.5) is 10.9 Å². The molecule has 1 aromatic rings. The average molecular weight is 311 g/mol. The fraction of sp³-hybridized carbons (Fsp3) is 0.615. The van der Waals surface area contributed by atoms with Gasteiger partial charge in [0.05, 0.1) is 6.54 Å². The molecule has 0 aromatic carbocycles. The minimum atomic E-state index is -0.537. The highest BCUT2D eigenvalue weighted by Crippen LogP contribution is 2.30. The molecule has 116 valence electrons. The summed E-state index contributed by atoms with van der Waals surface area (Å²) in [5.74, 6) is -0.590. The van der Waals surface area contributed by atoms with E-state index in [1.54, 1.807) is 6.92 Å². The second-order valence-corrected chi connectivity index (χ2v) is 6.02. The summed E-state index contributed by atoms with van der Waals surface area (Å²) in [7, 11) is 0. The lowest BCUT2D eigenvalue weighted by atomic mass is 10.1.